The molecule has 1 heteroatoms. The first-order valence-corrected chi connectivity index (χ1v) is 4.90. The van der Waals surface area contributed by atoms with Crippen molar-refractivity contribution in [2.75, 3.05) is 13.1 Å². The summed E-state index contributed by atoms with van der Waals surface area (Å²) < 4.78 is 0. The Hall–Kier alpha value is -0.300. The van der Waals surface area contributed by atoms with Gasteiger partial charge >= 0.3 is 0 Å². The lowest BCUT2D eigenvalue weighted by atomic mass is 9.85. The highest BCUT2D eigenvalue weighted by atomic mass is 15.2. The van der Waals surface area contributed by atoms with E-state index in [1.165, 1.54) is 19.4 Å². The van der Waals surface area contributed by atoms with Gasteiger partial charge in [-0.25, -0.2) is 0 Å². The van der Waals surface area contributed by atoms with Crippen LogP contribution >= 0.6 is 0 Å². The van der Waals surface area contributed by atoms with Gasteiger partial charge in [0, 0.05) is 12.6 Å². The second-order valence-corrected chi connectivity index (χ2v) is 4.81. The normalized spacial score (nSPS) is 26.1. The van der Waals surface area contributed by atoms with E-state index in [1.54, 1.807) is 0 Å². The van der Waals surface area contributed by atoms with E-state index in [4.69, 9.17) is 0 Å². The molecule has 0 N–H and O–H groups in total. The first-order valence-electron chi connectivity index (χ1n) is 4.90. The largest absolute Gasteiger partial charge is 0.296 e. The molecular formula is C11H21N. The van der Waals surface area contributed by atoms with Crippen LogP contribution in [0.1, 0.15) is 33.6 Å². The third-order valence-corrected chi connectivity index (χ3v) is 2.73. The van der Waals surface area contributed by atoms with E-state index >= 15 is 0 Å². The van der Waals surface area contributed by atoms with Gasteiger partial charge in [0.25, 0.3) is 0 Å². The van der Waals surface area contributed by atoms with Crippen LogP contribution in [-0.2, 0) is 0 Å². The summed E-state index contributed by atoms with van der Waals surface area (Å²) >= 11 is 0. The molecule has 0 amide bonds. The highest BCUT2D eigenvalue weighted by Crippen LogP contribution is 2.32. The first-order chi connectivity index (χ1) is 5.55. The number of nitrogens with zero attached hydrogens (tertiary/aromatic N) is 1. The Kier molecular flexibility index (Phi) is 2.94. The van der Waals surface area contributed by atoms with E-state index < -0.39 is 0 Å². The van der Waals surface area contributed by atoms with Crippen LogP contribution in [0.4, 0.5) is 0 Å². The van der Waals surface area contributed by atoms with Crippen LogP contribution in [0.25, 0.3) is 0 Å². The summed E-state index contributed by atoms with van der Waals surface area (Å²) in [5.41, 5.74) is 0.430. The topological polar surface area (TPSA) is 3.24 Å². The molecule has 1 unspecified atom stereocenters. The first kappa shape index (κ1) is 9.79. The molecule has 0 saturated carbocycles. The van der Waals surface area contributed by atoms with E-state index in [2.05, 4.69) is 32.3 Å². The zero-order chi connectivity index (χ0) is 9.19. The number of rotatable bonds is 2. The van der Waals surface area contributed by atoms with Crippen molar-refractivity contribution in [2.24, 2.45) is 5.41 Å². The van der Waals surface area contributed by atoms with E-state index in [0.717, 1.165) is 12.6 Å². The molecule has 0 radical (unpaired) electrons. The van der Waals surface area contributed by atoms with Crippen molar-refractivity contribution in [3.63, 3.8) is 0 Å². The molecule has 1 atom stereocenters. The Morgan fingerprint density at radius 2 is 2.17 bits per heavy atom. The Morgan fingerprint density at radius 3 is 2.67 bits per heavy atom. The van der Waals surface area contributed by atoms with Crippen molar-refractivity contribution in [1.29, 1.82) is 0 Å². The molecule has 12 heavy (non-hydrogen) atoms. The minimum Gasteiger partial charge on any atom is -0.296 e. The Labute approximate surface area is 76.5 Å². The lowest BCUT2D eigenvalue weighted by Gasteiger charge is -2.34. The third kappa shape index (κ3) is 2.10. The summed E-state index contributed by atoms with van der Waals surface area (Å²) in [6.45, 7) is 13.1. The average Bonchev–Trinajstić information content (AvgIpc) is 2.34. The fourth-order valence-corrected chi connectivity index (χ4v) is 2.19. The molecule has 1 aliphatic heterocycles. The Morgan fingerprint density at radius 1 is 1.50 bits per heavy atom. The van der Waals surface area contributed by atoms with Crippen LogP contribution in [-0.4, -0.2) is 24.0 Å². The van der Waals surface area contributed by atoms with Gasteiger partial charge in [0.15, 0.2) is 0 Å². The quantitative estimate of drug-likeness (QED) is 0.572. The second kappa shape index (κ2) is 3.61. The molecule has 1 saturated heterocycles. The van der Waals surface area contributed by atoms with E-state index in [-0.39, 0.29) is 0 Å². The van der Waals surface area contributed by atoms with Crippen molar-refractivity contribution < 1.29 is 0 Å². The maximum Gasteiger partial charge on any atom is 0.0163 e. The zero-order valence-electron chi connectivity index (χ0n) is 8.64. The van der Waals surface area contributed by atoms with Crippen LogP contribution < -0.4 is 0 Å². The fourth-order valence-electron chi connectivity index (χ4n) is 2.19. The van der Waals surface area contributed by atoms with Crippen molar-refractivity contribution in [2.45, 2.75) is 39.7 Å². The maximum atomic E-state index is 3.80. The molecule has 1 heterocycles. The molecule has 0 aliphatic carbocycles. The van der Waals surface area contributed by atoms with Crippen LogP contribution in [0.5, 0.6) is 0 Å². The lowest BCUT2D eigenvalue weighted by Crippen LogP contribution is -2.39. The predicted octanol–water partition coefficient (Wildman–Crippen LogP) is 2.68. The summed E-state index contributed by atoms with van der Waals surface area (Å²) in [6.07, 6.45) is 4.73. The molecule has 1 rings (SSSR count). The average molecular weight is 167 g/mol. The van der Waals surface area contributed by atoms with Gasteiger partial charge in [-0.2, -0.15) is 0 Å². The molecular weight excluding hydrogens is 146 g/mol. The monoisotopic (exact) mass is 167 g/mol. The highest BCUT2D eigenvalue weighted by Gasteiger charge is 2.32. The van der Waals surface area contributed by atoms with Crippen molar-refractivity contribution >= 4 is 0 Å². The highest BCUT2D eigenvalue weighted by molar-refractivity contribution is 4.90. The second-order valence-electron chi connectivity index (χ2n) is 4.81. The van der Waals surface area contributed by atoms with Gasteiger partial charge in [0.2, 0.25) is 0 Å². The lowest BCUT2D eigenvalue weighted by molar-refractivity contribution is 0.154. The third-order valence-electron chi connectivity index (χ3n) is 2.73. The van der Waals surface area contributed by atoms with E-state index in [1.807, 2.05) is 6.08 Å². The van der Waals surface area contributed by atoms with Gasteiger partial charge in [0.05, 0.1) is 0 Å². The molecule has 1 fully saturated rings. The predicted molar refractivity (Wildman–Crippen MR) is 54.2 cm³/mol. The maximum absolute atomic E-state index is 3.80. The molecule has 0 aromatic heterocycles. The van der Waals surface area contributed by atoms with Crippen molar-refractivity contribution in [1.82, 2.24) is 4.90 Å². The van der Waals surface area contributed by atoms with Crippen LogP contribution in [0.3, 0.4) is 0 Å². The van der Waals surface area contributed by atoms with Gasteiger partial charge in [-0.05, 0) is 24.8 Å². The summed E-state index contributed by atoms with van der Waals surface area (Å²) in [5, 5.41) is 0. The van der Waals surface area contributed by atoms with Crippen molar-refractivity contribution in [3.05, 3.63) is 12.7 Å². The minimum absolute atomic E-state index is 0.430. The van der Waals surface area contributed by atoms with Gasteiger partial charge in [-0.15, -0.1) is 6.58 Å². The molecule has 0 aromatic rings. The molecule has 0 bridgehead atoms. The van der Waals surface area contributed by atoms with E-state index in [9.17, 15) is 0 Å². The molecule has 70 valence electrons. The number of hydrogen-bond acceptors (Lipinski definition) is 1. The van der Waals surface area contributed by atoms with Crippen LogP contribution in [0.15, 0.2) is 12.7 Å². The van der Waals surface area contributed by atoms with E-state index in [0.29, 0.717) is 5.41 Å². The van der Waals surface area contributed by atoms with Crippen LogP contribution in [0.2, 0.25) is 0 Å². The summed E-state index contributed by atoms with van der Waals surface area (Å²) in [4.78, 5) is 2.55. The van der Waals surface area contributed by atoms with Gasteiger partial charge in [-0.3, -0.25) is 4.90 Å². The SMILES string of the molecule is C=CCN1CCCC1C(C)(C)C. The molecule has 0 spiro atoms. The molecule has 1 nitrogen and oxygen atoms in total. The Balaban J connectivity index is 2.57. The Bertz CT molecular complexity index is 155. The van der Waals surface area contributed by atoms with Gasteiger partial charge in [0.1, 0.15) is 0 Å². The number of likely N-dealkylation sites (tertiary alicyclic amines) is 1. The van der Waals surface area contributed by atoms with Gasteiger partial charge < -0.3 is 0 Å². The fraction of sp³-hybridized carbons (Fsp3) is 0.818. The summed E-state index contributed by atoms with van der Waals surface area (Å²) in [7, 11) is 0. The van der Waals surface area contributed by atoms with Crippen LogP contribution in [0, 0.1) is 5.41 Å². The minimum atomic E-state index is 0.430. The molecule has 1 aliphatic rings. The van der Waals surface area contributed by atoms with Gasteiger partial charge in [-0.1, -0.05) is 26.8 Å². The molecule has 0 aromatic carbocycles. The summed E-state index contributed by atoms with van der Waals surface area (Å²) in [5.74, 6) is 0. The zero-order valence-corrected chi connectivity index (χ0v) is 8.64. The number of hydrogen-bond donors (Lipinski definition) is 0. The summed E-state index contributed by atoms with van der Waals surface area (Å²) in [6, 6.07) is 0.760. The van der Waals surface area contributed by atoms with Crippen molar-refractivity contribution in [3.8, 4) is 0 Å². The standard InChI is InChI=1S/C11H21N/c1-5-8-12-9-6-7-10(12)11(2,3)4/h5,10H,1,6-9H2,2-4H3. The smallest absolute Gasteiger partial charge is 0.0163 e.